The smallest absolute Gasteiger partial charge is 0.219 e. The third-order valence-corrected chi connectivity index (χ3v) is 4.63. The molecule has 0 saturated heterocycles. The van der Waals surface area contributed by atoms with Gasteiger partial charge < -0.3 is 4.90 Å². The van der Waals surface area contributed by atoms with E-state index in [1.165, 1.54) is 6.92 Å². The van der Waals surface area contributed by atoms with Crippen molar-refractivity contribution in [1.29, 1.82) is 0 Å². The Hall–Kier alpha value is -1.04. The van der Waals surface area contributed by atoms with Crippen LogP contribution in [0.15, 0.2) is 29.2 Å². The van der Waals surface area contributed by atoms with Gasteiger partial charge in [0.05, 0.1) is 10.6 Å². The summed E-state index contributed by atoms with van der Waals surface area (Å²) in [5.74, 6) is 0.191. The van der Waals surface area contributed by atoms with Crippen LogP contribution in [0.25, 0.3) is 0 Å². The summed E-state index contributed by atoms with van der Waals surface area (Å²) in [7, 11) is -2.74. The molecule has 5 heteroatoms. The molecule has 2 rings (SSSR count). The number of benzene rings is 1. The van der Waals surface area contributed by atoms with Gasteiger partial charge in [-0.25, -0.2) is 0 Å². The third kappa shape index (κ3) is 2.07. The van der Waals surface area contributed by atoms with Crippen LogP contribution in [0, 0.1) is 0 Å². The van der Waals surface area contributed by atoms with Gasteiger partial charge in [0, 0.05) is 20.0 Å². The fourth-order valence-electron chi connectivity index (χ4n) is 1.85. The van der Waals surface area contributed by atoms with E-state index in [9.17, 15) is 13.9 Å². The lowest BCUT2D eigenvalue weighted by atomic mass is 10.2. The van der Waals surface area contributed by atoms with Crippen LogP contribution < -0.4 is 0 Å². The average Bonchev–Trinajstić information content (AvgIpc) is 2.36. The number of amides is 1. The van der Waals surface area contributed by atoms with Crippen molar-refractivity contribution in [2.75, 3.05) is 12.3 Å². The molecule has 1 aliphatic rings. The van der Waals surface area contributed by atoms with Crippen molar-refractivity contribution in [2.45, 2.75) is 18.4 Å². The molecule has 1 aliphatic heterocycles. The topological polar surface area (TPSA) is 60.8 Å². The molecule has 0 saturated carbocycles. The highest BCUT2D eigenvalue weighted by Gasteiger charge is 2.26. The van der Waals surface area contributed by atoms with E-state index in [0.29, 0.717) is 18.0 Å². The maximum Gasteiger partial charge on any atom is 0.219 e. The molecule has 0 atom stereocenters. The van der Waals surface area contributed by atoms with E-state index in [1.54, 1.807) is 17.0 Å². The van der Waals surface area contributed by atoms with Crippen molar-refractivity contribution < 1.29 is 13.9 Å². The van der Waals surface area contributed by atoms with E-state index >= 15 is 0 Å². The summed E-state index contributed by atoms with van der Waals surface area (Å²) < 4.78 is 20.0. The first kappa shape index (κ1) is 11.4. The summed E-state index contributed by atoms with van der Waals surface area (Å²) in [6, 6.07) is 7.20. The number of nitrogens with zero attached hydrogens (tertiary/aromatic N) is 1. The summed E-state index contributed by atoms with van der Waals surface area (Å²) in [5, 5.41) is 0. The van der Waals surface area contributed by atoms with Crippen molar-refractivity contribution in [3.05, 3.63) is 29.8 Å². The molecule has 1 heterocycles. The summed E-state index contributed by atoms with van der Waals surface area (Å²) in [4.78, 5) is 13.6. The lowest BCUT2D eigenvalue weighted by Gasteiger charge is -2.32. The lowest BCUT2D eigenvalue weighted by Crippen LogP contribution is -2.29. The zero-order valence-electron chi connectivity index (χ0n) is 9.09. The maximum absolute atomic E-state index is 11.3. The van der Waals surface area contributed by atoms with E-state index in [-0.39, 0.29) is 11.7 Å². The van der Waals surface area contributed by atoms with Gasteiger partial charge in [0.2, 0.25) is 5.91 Å². The largest absolute Gasteiger partial charge is 0.337 e. The zero-order chi connectivity index (χ0) is 11.8. The van der Waals surface area contributed by atoms with Crippen LogP contribution in [-0.2, 0) is 11.3 Å². The molecule has 1 aromatic carbocycles. The van der Waals surface area contributed by atoms with Crippen LogP contribution in [0.4, 0.5) is 0 Å². The monoisotopic (exact) mass is 241 g/mol. The van der Waals surface area contributed by atoms with Crippen LogP contribution in [-0.4, -0.2) is 32.2 Å². The predicted molar refractivity (Wildman–Crippen MR) is 63.5 cm³/mol. The Morgan fingerprint density at radius 1 is 1.38 bits per heavy atom. The van der Waals surface area contributed by atoms with Crippen molar-refractivity contribution in [1.82, 2.24) is 4.90 Å². The SMILES string of the molecule is CC(=O)N1CCS(O)(O)c2ccccc2C1. The Balaban J connectivity index is 2.42. The molecule has 0 fully saturated rings. The van der Waals surface area contributed by atoms with Gasteiger partial charge in [0.1, 0.15) is 0 Å². The van der Waals surface area contributed by atoms with Crippen LogP contribution in [0.1, 0.15) is 12.5 Å². The van der Waals surface area contributed by atoms with Crippen LogP contribution in [0.5, 0.6) is 0 Å². The molecule has 4 nitrogen and oxygen atoms in total. The van der Waals surface area contributed by atoms with Crippen molar-refractivity contribution in [3.8, 4) is 0 Å². The first-order valence-electron chi connectivity index (χ1n) is 5.10. The van der Waals surface area contributed by atoms with E-state index in [4.69, 9.17) is 0 Å². The summed E-state index contributed by atoms with van der Waals surface area (Å²) in [6.07, 6.45) is 0. The van der Waals surface area contributed by atoms with Gasteiger partial charge in [-0.2, -0.15) is 10.6 Å². The van der Waals surface area contributed by atoms with Gasteiger partial charge >= 0.3 is 0 Å². The maximum atomic E-state index is 11.3. The molecule has 1 amide bonds. The molecule has 0 bridgehead atoms. The number of hydrogen-bond donors (Lipinski definition) is 2. The minimum Gasteiger partial charge on any atom is -0.337 e. The van der Waals surface area contributed by atoms with Gasteiger partial charge in [-0.15, -0.1) is 0 Å². The molecule has 88 valence electrons. The van der Waals surface area contributed by atoms with E-state index in [1.807, 2.05) is 12.1 Å². The fraction of sp³-hybridized carbons (Fsp3) is 0.364. The van der Waals surface area contributed by atoms with E-state index in [2.05, 4.69) is 0 Å². The second kappa shape index (κ2) is 4.08. The minimum atomic E-state index is -2.74. The Bertz CT molecular complexity index is 419. The van der Waals surface area contributed by atoms with Gasteiger partial charge in [0.15, 0.2) is 0 Å². The van der Waals surface area contributed by atoms with Crippen LogP contribution >= 0.6 is 10.6 Å². The molecule has 0 aliphatic carbocycles. The minimum absolute atomic E-state index is 0.0353. The second-order valence-corrected chi connectivity index (χ2v) is 6.10. The van der Waals surface area contributed by atoms with Gasteiger partial charge in [-0.05, 0) is 11.6 Å². The standard InChI is InChI=1S/C11H15NO3S/c1-9(13)12-6-7-16(14,15)11-5-3-2-4-10(11)8-12/h2-5,14-15H,6-8H2,1H3. The number of hydrogen-bond acceptors (Lipinski definition) is 3. The molecule has 0 unspecified atom stereocenters. The molecule has 0 aromatic heterocycles. The quantitative estimate of drug-likeness (QED) is 0.731. The number of carbonyl (C=O) groups excluding carboxylic acids is 1. The number of fused-ring (bicyclic) bond motifs is 1. The highest BCUT2D eigenvalue weighted by atomic mass is 32.3. The molecular formula is C11H15NO3S. The fourth-order valence-corrected chi connectivity index (χ4v) is 3.40. The highest BCUT2D eigenvalue weighted by molar-refractivity contribution is 8.24. The Morgan fingerprint density at radius 3 is 2.75 bits per heavy atom. The van der Waals surface area contributed by atoms with Crippen LogP contribution in [0.2, 0.25) is 0 Å². The van der Waals surface area contributed by atoms with Gasteiger partial charge in [0.25, 0.3) is 0 Å². The third-order valence-electron chi connectivity index (χ3n) is 2.78. The zero-order valence-corrected chi connectivity index (χ0v) is 9.91. The van der Waals surface area contributed by atoms with Crippen molar-refractivity contribution in [3.63, 3.8) is 0 Å². The van der Waals surface area contributed by atoms with Crippen molar-refractivity contribution in [2.24, 2.45) is 0 Å². The lowest BCUT2D eigenvalue weighted by molar-refractivity contribution is -0.129. The number of rotatable bonds is 0. The Kier molecular flexibility index (Phi) is 2.92. The van der Waals surface area contributed by atoms with Crippen molar-refractivity contribution >= 4 is 16.5 Å². The van der Waals surface area contributed by atoms with E-state index in [0.717, 1.165) is 5.56 Å². The summed E-state index contributed by atoms with van der Waals surface area (Å²) in [5.41, 5.74) is 0.829. The molecule has 16 heavy (non-hydrogen) atoms. The molecular weight excluding hydrogens is 226 g/mol. The molecule has 1 aromatic rings. The van der Waals surface area contributed by atoms with Gasteiger partial charge in [-0.3, -0.25) is 13.9 Å². The molecule has 2 N–H and O–H groups in total. The first-order chi connectivity index (χ1) is 7.50. The Morgan fingerprint density at radius 2 is 2.06 bits per heavy atom. The Labute approximate surface area is 96.2 Å². The summed E-state index contributed by atoms with van der Waals surface area (Å²) in [6.45, 7) is 2.35. The highest BCUT2D eigenvalue weighted by Crippen LogP contribution is 2.50. The van der Waals surface area contributed by atoms with Gasteiger partial charge in [-0.1, -0.05) is 18.2 Å². The summed E-state index contributed by atoms with van der Waals surface area (Å²) >= 11 is 0. The average molecular weight is 241 g/mol. The normalized spacial score (nSPS) is 20.8. The molecule has 0 radical (unpaired) electrons. The predicted octanol–water partition coefficient (Wildman–Crippen LogP) is 2.16. The molecule has 0 spiro atoms. The first-order valence-corrected chi connectivity index (χ1v) is 6.81. The number of carbonyl (C=O) groups is 1. The second-order valence-electron chi connectivity index (χ2n) is 3.92. The van der Waals surface area contributed by atoms with Crippen LogP contribution in [0.3, 0.4) is 0 Å². The van der Waals surface area contributed by atoms with E-state index < -0.39 is 10.6 Å².